The first-order valence-electron chi connectivity index (χ1n) is 6.78. The van der Waals surface area contributed by atoms with Crippen LogP contribution in [0.15, 0.2) is 18.2 Å². The molecule has 0 unspecified atom stereocenters. The summed E-state index contributed by atoms with van der Waals surface area (Å²) in [5.74, 6) is 2.48. The van der Waals surface area contributed by atoms with Crippen LogP contribution in [0.25, 0.3) is 0 Å². The molecule has 3 heteroatoms. The maximum atomic E-state index is 5.93. The summed E-state index contributed by atoms with van der Waals surface area (Å²) in [5, 5.41) is 0.843. The van der Waals surface area contributed by atoms with Crippen LogP contribution in [0.3, 0.4) is 0 Å². The topological polar surface area (TPSA) is 18.5 Å². The lowest BCUT2D eigenvalue weighted by atomic mass is 10.1. The lowest BCUT2D eigenvalue weighted by Crippen LogP contribution is -2.09. The fraction of sp³-hybridized carbons (Fsp3) is 0.600. The molecule has 18 heavy (non-hydrogen) atoms. The Balaban J connectivity index is 2.00. The summed E-state index contributed by atoms with van der Waals surface area (Å²) in [6, 6.07) is 6.17. The van der Waals surface area contributed by atoms with Gasteiger partial charge in [0, 0.05) is 5.33 Å². The highest BCUT2D eigenvalue weighted by Crippen LogP contribution is 2.31. The minimum Gasteiger partial charge on any atom is -0.490 e. The van der Waals surface area contributed by atoms with Gasteiger partial charge in [-0.25, -0.2) is 0 Å². The van der Waals surface area contributed by atoms with Gasteiger partial charge in [-0.2, -0.15) is 0 Å². The maximum absolute atomic E-state index is 5.93. The third-order valence-corrected chi connectivity index (χ3v) is 4.06. The number of halogens is 1. The van der Waals surface area contributed by atoms with E-state index in [1.807, 2.05) is 13.0 Å². The molecule has 0 bridgehead atoms. The third kappa shape index (κ3) is 3.64. The van der Waals surface area contributed by atoms with Gasteiger partial charge in [-0.1, -0.05) is 34.8 Å². The average Bonchev–Trinajstić information content (AvgIpc) is 2.90. The average molecular weight is 313 g/mol. The molecule has 1 saturated carbocycles. The van der Waals surface area contributed by atoms with E-state index in [2.05, 4.69) is 28.1 Å². The fourth-order valence-corrected chi connectivity index (χ4v) is 2.76. The molecule has 0 atom stereocenters. The van der Waals surface area contributed by atoms with Crippen molar-refractivity contribution in [2.45, 2.75) is 37.9 Å². The Kier molecular flexibility index (Phi) is 5.36. The second-order valence-electron chi connectivity index (χ2n) is 4.81. The van der Waals surface area contributed by atoms with Gasteiger partial charge < -0.3 is 9.47 Å². The highest BCUT2D eigenvalue weighted by molar-refractivity contribution is 9.08. The zero-order chi connectivity index (χ0) is 12.8. The Morgan fingerprint density at radius 1 is 1.17 bits per heavy atom. The Morgan fingerprint density at radius 2 is 1.94 bits per heavy atom. The molecule has 1 aromatic rings. The van der Waals surface area contributed by atoms with Gasteiger partial charge in [0.25, 0.3) is 0 Å². The zero-order valence-corrected chi connectivity index (χ0v) is 12.5. The lowest BCUT2D eigenvalue weighted by Gasteiger charge is -2.15. The number of hydrogen-bond donors (Lipinski definition) is 0. The quantitative estimate of drug-likeness (QED) is 0.717. The molecule has 2 rings (SSSR count). The lowest BCUT2D eigenvalue weighted by molar-refractivity contribution is 0.234. The van der Waals surface area contributed by atoms with Crippen molar-refractivity contribution in [3.63, 3.8) is 0 Å². The van der Waals surface area contributed by atoms with E-state index in [4.69, 9.17) is 9.47 Å². The molecule has 0 N–H and O–H groups in total. The van der Waals surface area contributed by atoms with Crippen LogP contribution in [0.5, 0.6) is 11.5 Å². The number of rotatable bonds is 6. The SMILES string of the molecule is CCOc1cc(CBr)ccc1OCC1CCCC1. The van der Waals surface area contributed by atoms with E-state index in [1.54, 1.807) is 0 Å². The van der Waals surface area contributed by atoms with Crippen LogP contribution in [-0.4, -0.2) is 13.2 Å². The van der Waals surface area contributed by atoms with Gasteiger partial charge in [-0.3, -0.25) is 0 Å². The summed E-state index contributed by atoms with van der Waals surface area (Å²) in [7, 11) is 0. The molecule has 100 valence electrons. The highest BCUT2D eigenvalue weighted by atomic mass is 79.9. The van der Waals surface area contributed by atoms with E-state index in [-0.39, 0.29) is 0 Å². The molecule has 0 spiro atoms. The van der Waals surface area contributed by atoms with Crippen molar-refractivity contribution in [1.29, 1.82) is 0 Å². The summed E-state index contributed by atoms with van der Waals surface area (Å²) in [6.45, 7) is 3.50. The molecular weight excluding hydrogens is 292 g/mol. The van der Waals surface area contributed by atoms with Crippen LogP contribution in [-0.2, 0) is 5.33 Å². The molecule has 0 aliphatic heterocycles. The van der Waals surface area contributed by atoms with E-state index in [1.165, 1.54) is 31.2 Å². The van der Waals surface area contributed by atoms with E-state index in [9.17, 15) is 0 Å². The second kappa shape index (κ2) is 7.03. The van der Waals surface area contributed by atoms with Gasteiger partial charge in [0.1, 0.15) is 0 Å². The van der Waals surface area contributed by atoms with Crippen molar-refractivity contribution in [3.8, 4) is 11.5 Å². The minimum atomic E-state index is 0.672. The first kappa shape index (κ1) is 13.7. The molecule has 0 amide bonds. The monoisotopic (exact) mass is 312 g/mol. The molecule has 1 fully saturated rings. The van der Waals surface area contributed by atoms with Gasteiger partial charge in [-0.15, -0.1) is 0 Å². The first-order valence-corrected chi connectivity index (χ1v) is 7.90. The smallest absolute Gasteiger partial charge is 0.161 e. The first-order chi connectivity index (χ1) is 8.83. The number of ether oxygens (including phenoxy) is 2. The molecule has 0 heterocycles. The summed E-state index contributed by atoms with van der Waals surface area (Å²) in [5.41, 5.74) is 1.21. The Labute approximate surface area is 118 Å². The van der Waals surface area contributed by atoms with Crippen molar-refractivity contribution in [2.24, 2.45) is 5.92 Å². The van der Waals surface area contributed by atoms with Gasteiger partial charge >= 0.3 is 0 Å². The van der Waals surface area contributed by atoms with Crippen molar-refractivity contribution >= 4 is 15.9 Å². The summed E-state index contributed by atoms with van der Waals surface area (Å²) in [6.07, 6.45) is 5.33. The predicted octanol–water partition coefficient (Wildman–Crippen LogP) is 4.55. The van der Waals surface area contributed by atoms with Crippen molar-refractivity contribution < 1.29 is 9.47 Å². The molecular formula is C15H21BrO2. The van der Waals surface area contributed by atoms with Gasteiger partial charge in [0.05, 0.1) is 13.2 Å². The highest BCUT2D eigenvalue weighted by Gasteiger charge is 2.16. The summed E-state index contributed by atoms with van der Waals surface area (Å²) in [4.78, 5) is 0. The number of alkyl halides is 1. The molecule has 0 aromatic heterocycles. The second-order valence-corrected chi connectivity index (χ2v) is 5.37. The Hall–Kier alpha value is -0.700. The van der Waals surface area contributed by atoms with Crippen molar-refractivity contribution in [2.75, 3.05) is 13.2 Å². The Morgan fingerprint density at radius 3 is 2.61 bits per heavy atom. The van der Waals surface area contributed by atoms with E-state index in [0.717, 1.165) is 29.4 Å². The van der Waals surface area contributed by atoms with Crippen LogP contribution in [0.2, 0.25) is 0 Å². The van der Waals surface area contributed by atoms with E-state index >= 15 is 0 Å². The molecule has 1 aliphatic carbocycles. The van der Waals surface area contributed by atoms with Gasteiger partial charge in [0.2, 0.25) is 0 Å². The predicted molar refractivity (Wildman–Crippen MR) is 77.7 cm³/mol. The maximum Gasteiger partial charge on any atom is 0.161 e. The van der Waals surface area contributed by atoms with E-state index in [0.29, 0.717) is 6.61 Å². The summed E-state index contributed by atoms with van der Waals surface area (Å²) >= 11 is 3.46. The largest absolute Gasteiger partial charge is 0.490 e. The fourth-order valence-electron chi connectivity index (χ4n) is 2.41. The van der Waals surface area contributed by atoms with E-state index < -0.39 is 0 Å². The van der Waals surface area contributed by atoms with Crippen molar-refractivity contribution in [3.05, 3.63) is 23.8 Å². The minimum absolute atomic E-state index is 0.672. The number of benzene rings is 1. The molecule has 0 saturated heterocycles. The number of hydrogen-bond acceptors (Lipinski definition) is 2. The molecule has 1 aliphatic rings. The van der Waals surface area contributed by atoms with Crippen LogP contribution >= 0.6 is 15.9 Å². The summed E-state index contributed by atoms with van der Waals surface area (Å²) < 4.78 is 11.6. The van der Waals surface area contributed by atoms with Crippen molar-refractivity contribution in [1.82, 2.24) is 0 Å². The standard InChI is InChI=1S/C15H21BrO2/c1-2-17-15-9-13(10-16)7-8-14(15)18-11-12-5-3-4-6-12/h7-9,12H,2-6,10-11H2,1H3. The van der Waals surface area contributed by atoms with Gasteiger partial charge in [0.15, 0.2) is 11.5 Å². The van der Waals surface area contributed by atoms with Crippen LogP contribution in [0, 0.1) is 5.92 Å². The zero-order valence-electron chi connectivity index (χ0n) is 11.0. The van der Waals surface area contributed by atoms with Crippen LogP contribution < -0.4 is 9.47 Å². The van der Waals surface area contributed by atoms with Gasteiger partial charge in [-0.05, 0) is 43.4 Å². The molecule has 1 aromatic carbocycles. The molecule has 2 nitrogen and oxygen atoms in total. The Bertz CT molecular complexity index is 373. The van der Waals surface area contributed by atoms with Crippen LogP contribution in [0.1, 0.15) is 38.2 Å². The van der Waals surface area contributed by atoms with Crippen LogP contribution in [0.4, 0.5) is 0 Å². The third-order valence-electron chi connectivity index (χ3n) is 3.41. The normalized spacial score (nSPS) is 15.9. The molecule has 0 radical (unpaired) electrons.